The molecular formula is C22H14FN7. The van der Waals surface area contributed by atoms with Crippen molar-refractivity contribution < 1.29 is 4.39 Å². The second-order valence-corrected chi connectivity index (χ2v) is 6.96. The molecular weight excluding hydrogens is 381 g/mol. The Hall–Kier alpha value is -4.33. The molecule has 0 atom stereocenters. The molecule has 3 N–H and O–H groups in total. The number of fused-ring (bicyclic) bond motifs is 2. The average Bonchev–Trinajstić information content (AvgIpc) is 3.51. The van der Waals surface area contributed by atoms with Crippen molar-refractivity contribution in [3.8, 4) is 33.9 Å². The molecule has 0 aliphatic rings. The van der Waals surface area contributed by atoms with Crippen molar-refractivity contribution >= 4 is 21.8 Å². The SMILES string of the molecule is Fc1ccccc1-c1nccc2[nH]c(-c3n[nH]c4cnc(-c5cn[nH]c5)cc34)cc12. The molecule has 5 heterocycles. The minimum atomic E-state index is -0.304. The molecule has 8 heteroatoms. The fraction of sp³-hybridized carbons (Fsp3) is 0. The van der Waals surface area contributed by atoms with Gasteiger partial charge in [-0.15, -0.1) is 0 Å². The van der Waals surface area contributed by atoms with Crippen LogP contribution in [0.1, 0.15) is 0 Å². The summed E-state index contributed by atoms with van der Waals surface area (Å²) in [6.07, 6.45) is 6.95. The number of rotatable bonds is 3. The van der Waals surface area contributed by atoms with E-state index in [1.54, 1.807) is 43.0 Å². The van der Waals surface area contributed by atoms with Crippen molar-refractivity contribution in [1.82, 2.24) is 35.3 Å². The maximum atomic E-state index is 14.4. The summed E-state index contributed by atoms with van der Waals surface area (Å²) in [6, 6.07) is 12.4. The van der Waals surface area contributed by atoms with Gasteiger partial charge in [-0.2, -0.15) is 10.2 Å². The number of aromatic nitrogens is 7. The van der Waals surface area contributed by atoms with E-state index < -0.39 is 0 Å². The fourth-order valence-electron chi connectivity index (χ4n) is 3.72. The first-order valence-electron chi connectivity index (χ1n) is 9.34. The van der Waals surface area contributed by atoms with Gasteiger partial charge in [0.15, 0.2) is 0 Å². The lowest BCUT2D eigenvalue weighted by molar-refractivity contribution is 0.631. The number of nitrogens with zero attached hydrogens (tertiary/aromatic N) is 4. The van der Waals surface area contributed by atoms with Crippen LogP contribution in [0.2, 0.25) is 0 Å². The minimum absolute atomic E-state index is 0.304. The monoisotopic (exact) mass is 395 g/mol. The van der Waals surface area contributed by atoms with E-state index in [2.05, 4.69) is 35.3 Å². The van der Waals surface area contributed by atoms with Crippen molar-refractivity contribution in [2.45, 2.75) is 0 Å². The van der Waals surface area contributed by atoms with E-state index in [0.29, 0.717) is 11.3 Å². The van der Waals surface area contributed by atoms with Crippen LogP contribution in [0.25, 0.3) is 55.7 Å². The number of hydrogen-bond acceptors (Lipinski definition) is 4. The molecule has 0 fully saturated rings. The summed E-state index contributed by atoms with van der Waals surface area (Å²) in [5.41, 5.74) is 6.00. The molecule has 1 aromatic carbocycles. The van der Waals surface area contributed by atoms with Crippen molar-refractivity contribution in [3.05, 3.63) is 73.1 Å². The van der Waals surface area contributed by atoms with Gasteiger partial charge in [0.1, 0.15) is 11.5 Å². The summed E-state index contributed by atoms with van der Waals surface area (Å²) in [7, 11) is 0. The number of aromatic amines is 3. The molecule has 0 radical (unpaired) electrons. The van der Waals surface area contributed by atoms with Crippen LogP contribution in [-0.4, -0.2) is 35.3 Å². The second kappa shape index (κ2) is 6.35. The molecule has 0 aliphatic carbocycles. The Labute approximate surface area is 169 Å². The molecule has 5 aromatic heterocycles. The number of pyridine rings is 2. The predicted molar refractivity (Wildman–Crippen MR) is 112 cm³/mol. The van der Waals surface area contributed by atoms with Crippen LogP contribution in [0.5, 0.6) is 0 Å². The smallest absolute Gasteiger partial charge is 0.132 e. The standard InChI is InChI=1S/C22H14FN7/c23-16-4-2-1-3-13(16)21-14-8-19(28-17(14)5-6-24-21)22-15-7-18(12-9-26-27-10-12)25-11-20(15)29-30-22/h1-11,28H,(H,26,27)(H,29,30). The number of nitrogens with one attached hydrogen (secondary N) is 3. The van der Waals surface area contributed by atoms with Gasteiger partial charge in [-0.25, -0.2) is 4.39 Å². The molecule has 0 amide bonds. The van der Waals surface area contributed by atoms with E-state index in [-0.39, 0.29) is 5.82 Å². The van der Waals surface area contributed by atoms with Crippen LogP contribution < -0.4 is 0 Å². The molecule has 0 saturated carbocycles. The Kier molecular flexibility index (Phi) is 3.51. The average molecular weight is 395 g/mol. The van der Waals surface area contributed by atoms with Crippen molar-refractivity contribution in [3.63, 3.8) is 0 Å². The Bertz CT molecular complexity index is 1510. The summed E-state index contributed by atoms with van der Waals surface area (Å²) < 4.78 is 14.4. The third kappa shape index (κ3) is 2.51. The third-order valence-electron chi connectivity index (χ3n) is 5.17. The van der Waals surface area contributed by atoms with Gasteiger partial charge in [-0.05, 0) is 30.3 Å². The van der Waals surface area contributed by atoms with Crippen molar-refractivity contribution in [2.75, 3.05) is 0 Å². The van der Waals surface area contributed by atoms with Crippen molar-refractivity contribution in [2.24, 2.45) is 0 Å². The zero-order valence-electron chi connectivity index (χ0n) is 15.5. The molecule has 144 valence electrons. The second-order valence-electron chi connectivity index (χ2n) is 6.96. The van der Waals surface area contributed by atoms with Gasteiger partial charge in [0, 0.05) is 39.8 Å². The molecule has 0 bridgehead atoms. The quantitative estimate of drug-likeness (QED) is 0.404. The van der Waals surface area contributed by atoms with Crippen LogP contribution in [-0.2, 0) is 0 Å². The van der Waals surface area contributed by atoms with Crippen LogP contribution in [0.4, 0.5) is 4.39 Å². The Morgan fingerprint density at radius 3 is 2.63 bits per heavy atom. The first-order valence-corrected chi connectivity index (χ1v) is 9.34. The first kappa shape index (κ1) is 16.6. The van der Waals surface area contributed by atoms with E-state index in [1.807, 2.05) is 18.2 Å². The minimum Gasteiger partial charge on any atom is -0.353 e. The maximum Gasteiger partial charge on any atom is 0.132 e. The maximum absolute atomic E-state index is 14.4. The van der Waals surface area contributed by atoms with E-state index in [1.165, 1.54) is 6.07 Å². The summed E-state index contributed by atoms with van der Waals surface area (Å²) >= 11 is 0. The highest BCUT2D eigenvalue weighted by Gasteiger charge is 2.16. The molecule has 0 unspecified atom stereocenters. The molecule has 0 aliphatic heterocycles. The predicted octanol–water partition coefficient (Wildman–Crippen LogP) is 4.70. The Morgan fingerprint density at radius 2 is 1.77 bits per heavy atom. The van der Waals surface area contributed by atoms with Crippen LogP contribution in [0.15, 0.2) is 67.3 Å². The fourth-order valence-corrected chi connectivity index (χ4v) is 3.72. The lowest BCUT2D eigenvalue weighted by Gasteiger charge is -2.03. The summed E-state index contributed by atoms with van der Waals surface area (Å²) in [5.74, 6) is -0.304. The largest absolute Gasteiger partial charge is 0.353 e. The summed E-state index contributed by atoms with van der Waals surface area (Å²) in [5, 5.41) is 16.1. The van der Waals surface area contributed by atoms with Gasteiger partial charge in [0.05, 0.1) is 35.0 Å². The zero-order chi connectivity index (χ0) is 20.1. The van der Waals surface area contributed by atoms with Crippen LogP contribution >= 0.6 is 0 Å². The highest BCUT2D eigenvalue weighted by Crippen LogP contribution is 2.34. The zero-order valence-corrected chi connectivity index (χ0v) is 15.5. The third-order valence-corrected chi connectivity index (χ3v) is 5.17. The van der Waals surface area contributed by atoms with Gasteiger partial charge in [-0.1, -0.05) is 12.1 Å². The van der Waals surface area contributed by atoms with Gasteiger partial charge in [-0.3, -0.25) is 20.2 Å². The topological polar surface area (TPSA) is 98.9 Å². The Balaban J connectivity index is 1.54. The molecule has 0 spiro atoms. The molecule has 6 rings (SSSR count). The summed E-state index contributed by atoms with van der Waals surface area (Å²) in [6.45, 7) is 0. The van der Waals surface area contributed by atoms with E-state index >= 15 is 0 Å². The number of hydrogen-bond donors (Lipinski definition) is 3. The van der Waals surface area contributed by atoms with E-state index in [4.69, 9.17) is 0 Å². The van der Waals surface area contributed by atoms with Gasteiger partial charge in [0.2, 0.25) is 0 Å². The van der Waals surface area contributed by atoms with Crippen LogP contribution in [0, 0.1) is 5.82 Å². The Morgan fingerprint density at radius 1 is 0.867 bits per heavy atom. The molecule has 30 heavy (non-hydrogen) atoms. The highest BCUT2D eigenvalue weighted by atomic mass is 19.1. The van der Waals surface area contributed by atoms with Crippen LogP contribution in [0.3, 0.4) is 0 Å². The van der Waals surface area contributed by atoms with E-state index in [9.17, 15) is 4.39 Å². The normalized spacial score (nSPS) is 11.5. The summed E-state index contributed by atoms with van der Waals surface area (Å²) in [4.78, 5) is 12.3. The first-order chi connectivity index (χ1) is 14.8. The van der Waals surface area contributed by atoms with Gasteiger partial charge < -0.3 is 4.98 Å². The molecule has 6 aromatic rings. The lowest BCUT2D eigenvalue weighted by atomic mass is 10.1. The van der Waals surface area contributed by atoms with E-state index in [0.717, 1.165) is 44.5 Å². The molecule has 7 nitrogen and oxygen atoms in total. The number of halogens is 1. The lowest BCUT2D eigenvalue weighted by Crippen LogP contribution is -1.87. The van der Waals surface area contributed by atoms with Gasteiger partial charge >= 0.3 is 0 Å². The van der Waals surface area contributed by atoms with Crippen molar-refractivity contribution in [1.29, 1.82) is 0 Å². The highest BCUT2D eigenvalue weighted by molar-refractivity contribution is 6.00. The number of H-pyrrole nitrogens is 3. The number of benzene rings is 1. The molecule has 0 saturated heterocycles. The van der Waals surface area contributed by atoms with Gasteiger partial charge in [0.25, 0.3) is 0 Å².